The second kappa shape index (κ2) is 13.0. The standard InChI is InChI=1S/C33H30ClFN2O5S/c1-5-40-26-16-21(15-24(34)30(26)42-18-23-9-7-8-10-25(23)35)17-27-31(38)37-29(22-13-11-19(3)12-14-22)28(32(39)41-6-2)20(4)36-33(37)43-27/h7-17,29H,5-6,18H2,1-4H3/b27-17+/t29-/m0/s1. The minimum Gasteiger partial charge on any atom is -0.490 e. The van der Waals surface area contributed by atoms with Gasteiger partial charge in [-0.25, -0.2) is 14.2 Å². The molecule has 222 valence electrons. The van der Waals surface area contributed by atoms with Gasteiger partial charge in [-0.15, -0.1) is 0 Å². The van der Waals surface area contributed by atoms with Crippen molar-refractivity contribution in [3.63, 3.8) is 0 Å². The number of carbonyl (C=O) groups excluding carboxylic acids is 1. The van der Waals surface area contributed by atoms with Gasteiger partial charge in [0.1, 0.15) is 12.4 Å². The number of fused-ring (bicyclic) bond motifs is 1. The molecule has 0 amide bonds. The molecule has 43 heavy (non-hydrogen) atoms. The van der Waals surface area contributed by atoms with Crippen LogP contribution in [0.5, 0.6) is 11.5 Å². The average molecular weight is 621 g/mol. The van der Waals surface area contributed by atoms with Crippen molar-refractivity contribution in [2.24, 2.45) is 4.99 Å². The van der Waals surface area contributed by atoms with Gasteiger partial charge in [0.25, 0.3) is 5.56 Å². The maximum absolute atomic E-state index is 14.2. The molecule has 7 nitrogen and oxygen atoms in total. The van der Waals surface area contributed by atoms with Gasteiger partial charge in [0.15, 0.2) is 16.3 Å². The summed E-state index contributed by atoms with van der Waals surface area (Å²) in [5.74, 6) is -0.251. The molecular formula is C33H30ClFN2O5S. The van der Waals surface area contributed by atoms with Crippen molar-refractivity contribution in [2.45, 2.75) is 40.3 Å². The van der Waals surface area contributed by atoms with Crippen LogP contribution < -0.4 is 24.4 Å². The van der Waals surface area contributed by atoms with Crippen LogP contribution >= 0.6 is 22.9 Å². The SMILES string of the molecule is CCOC(=O)C1=C(C)N=c2s/c(=C/c3cc(Cl)c(OCc4ccccc4F)c(OCC)c3)c(=O)n2[C@H]1c1ccc(C)cc1. The minimum atomic E-state index is -0.699. The van der Waals surface area contributed by atoms with Gasteiger partial charge in [0.05, 0.1) is 40.1 Å². The zero-order valence-corrected chi connectivity index (χ0v) is 25.7. The van der Waals surface area contributed by atoms with Gasteiger partial charge in [-0.2, -0.15) is 0 Å². The Balaban J connectivity index is 1.59. The molecule has 0 radical (unpaired) electrons. The number of thiazole rings is 1. The molecule has 0 saturated carbocycles. The first kappa shape index (κ1) is 30.3. The Hall–Kier alpha value is -4.21. The van der Waals surface area contributed by atoms with Crippen molar-refractivity contribution in [1.29, 1.82) is 0 Å². The molecule has 3 aromatic carbocycles. The lowest BCUT2D eigenvalue weighted by Crippen LogP contribution is -2.39. The third kappa shape index (κ3) is 6.28. The van der Waals surface area contributed by atoms with E-state index in [9.17, 15) is 14.0 Å². The number of hydrogen-bond donors (Lipinski definition) is 0. The van der Waals surface area contributed by atoms with Gasteiger partial charge >= 0.3 is 5.97 Å². The summed E-state index contributed by atoms with van der Waals surface area (Å²) >= 11 is 7.84. The number of ether oxygens (including phenoxy) is 3. The minimum absolute atomic E-state index is 0.0361. The van der Waals surface area contributed by atoms with E-state index < -0.39 is 12.0 Å². The highest BCUT2D eigenvalue weighted by Gasteiger charge is 2.33. The summed E-state index contributed by atoms with van der Waals surface area (Å²) < 4.78 is 33.1. The lowest BCUT2D eigenvalue weighted by Gasteiger charge is -2.24. The number of halogens is 2. The van der Waals surface area contributed by atoms with Gasteiger partial charge < -0.3 is 14.2 Å². The van der Waals surface area contributed by atoms with E-state index in [0.717, 1.165) is 11.1 Å². The molecule has 1 atom stereocenters. The first-order valence-corrected chi connectivity index (χ1v) is 15.0. The van der Waals surface area contributed by atoms with Crippen LogP contribution in [-0.2, 0) is 16.1 Å². The molecule has 10 heteroatoms. The van der Waals surface area contributed by atoms with Crippen molar-refractivity contribution in [1.82, 2.24) is 4.57 Å². The van der Waals surface area contributed by atoms with Crippen LogP contribution in [-0.4, -0.2) is 23.8 Å². The number of rotatable bonds is 9. The zero-order valence-electron chi connectivity index (χ0n) is 24.1. The van der Waals surface area contributed by atoms with E-state index in [-0.39, 0.29) is 35.4 Å². The predicted octanol–water partition coefficient (Wildman–Crippen LogP) is 5.88. The highest BCUT2D eigenvalue weighted by Crippen LogP contribution is 2.38. The Morgan fingerprint density at radius 2 is 1.81 bits per heavy atom. The summed E-state index contributed by atoms with van der Waals surface area (Å²) in [6.07, 6.45) is 1.70. The second-order valence-corrected chi connectivity index (χ2v) is 11.3. The molecule has 0 aliphatic carbocycles. The number of nitrogens with zero attached hydrogens (tertiary/aromatic N) is 2. The average Bonchev–Trinajstić information content (AvgIpc) is 3.27. The van der Waals surface area contributed by atoms with Gasteiger partial charge in [-0.1, -0.05) is 71.0 Å². The third-order valence-corrected chi connectivity index (χ3v) is 8.13. The quantitative estimate of drug-likeness (QED) is 0.219. The van der Waals surface area contributed by atoms with Crippen LogP contribution in [0.4, 0.5) is 4.39 Å². The highest BCUT2D eigenvalue weighted by molar-refractivity contribution is 7.07. The van der Waals surface area contributed by atoms with Gasteiger partial charge in [-0.3, -0.25) is 9.36 Å². The van der Waals surface area contributed by atoms with Crippen LogP contribution in [0.25, 0.3) is 6.08 Å². The van der Waals surface area contributed by atoms with Crippen LogP contribution in [0, 0.1) is 12.7 Å². The second-order valence-electron chi connectivity index (χ2n) is 9.86. The summed E-state index contributed by atoms with van der Waals surface area (Å²) in [4.78, 5) is 32.1. The molecule has 0 unspecified atom stereocenters. The van der Waals surface area contributed by atoms with E-state index in [1.165, 1.54) is 22.0 Å². The van der Waals surface area contributed by atoms with E-state index in [1.54, 1.807) is 50.3 Å². The monoisotopic (exact) mass is 620 g/mol. The maximum Gasteiger partial charge on any atom is 0.338 e. The van der Waals surface area contributed by atoms with Gasteiger partial charge in [0, 0.05) is 5.56 Å². The smallest absolute Gasteiger partial charge is 0.338 e. The Labute approximate surface area is 257 Å². The molecule has 0 N–H and O–H groups in total. The van der Waals surface area contributed by atoms with Gasteiger partial charge in [-0.05, 0) is 63.1 Å². The van der Waals surface area contributed by atoms with Crippen LogP contribution in [0.3, 0.4) is 0 Å². The summed E-state index contributed by atoms with van der Waals surface area (Å²) in [5, 5.41) is 0.249. The van der Waals surface area contributed by atoms with E-state index in [1.807, 2.05) is 38.1 Å². The Morgan fingerprint density at radius 3 is 2.51 bits per heavy atom. The normalized spacial score (nSPS) is 14.7. The molecular weight excluding hydrogens is 591 g/mol. The van der Waals surface area contributed by atoms with Gasteiger partial charge in [0.2, 0.25) is 0 Å². The number of aryl methyl sites for hydroxylation is 1. The third-order valence-electron chi connectivity index (χ3n) is 6.87. The number of esters is 1. The maximum atomic E-state index is 14.2. The molecule has 4 aromatic rings. The number of aromatic nitrogens is 1. The molecule has 0 spiro atoms. The summed E-state index contributed by atoms with van der Waals surface area (Å²) in [6, 6.07) is 16.7. The van der Waals surface area contributed by atoms with Crippen LogP contribution in [0.15, 0.2) is 81.7 Å². The van der Waals surface area contributed by atoms with Crippen LogP contribution in [0.2, 0.25) is 5.02 Å². The molecule has 0 saturated heterocycles. The molecule has 1 aliphatic rings. The Bertz CT molecular complexity index is 1900. The van der Waals surface area contributed by atoms with Crippen molar-refractivity contribution in [2.75, 3.05) is 13.2 Å². The topological polar surface area (TPSA) is 79.1 Å². The number of carbonyl (C=O) groups is 1. The van der Waals surface area contributed by atoms with Crippen molar-refractivity contribution < 1.29 is 23.4 Å². The van der Waals surface area contributed by atoms with Crippen molar-refractivity contribution in [3.8, 4) is 11.5 Å². The predicted molar refractivity (Wildman–Crippen MR) is 165 cm³/mol. The fourth-order valence-corrected chi connectivity index (χ4v) is 6.17. The summed E-state index contributed by atoms with van der Waals surface area (Å²) in [7, 11) is 0. The van der Waals surface area contributed by atoms with E-state index in [0.29, 0.717) is 44.1 Å². The first-order chi connectivity index (χ1) is 20.7. The fraction of sp³-hybridized carbons (Fsp3) is 0.242. The van der Waals surface area contributed by atoms with E-state index in [4.69, 9.17) is 25.8 Å². The van der Waals surface area contributed by atoms with Crippen molar-refractivity contribution in [3.05, 3.63) is 125 Å². The lowest BCUT2D eigenvalue weighted by atomic mass is 9.95. The number of benzene rings is 3. The molecule has 5 rings (SSSR count). The van der Waals surface area contributed by atoms with E-state index in [2.05, 4.69) is 4.99 Å². The lowest BCUT2D eigenvalue weighted by molar-refractivity contribution is -0.139. The fourth-order valence-electron chi connectivity index (χ4n) is 4.85. The largest absolute Gasteiger partial charge is 0.490 e. The van der Waals surface area contributed by atoms with Crippen LogP contribution in [0.1, 0.15) is 49.1 Å². The molecule has 1 aromatic heterocycles. The van der Waals surface area contributed by atoms with E-state index >= 15 is 0 Å². The molecule has 2 heterocycles. The zero-order chi connectivity index (χ0) is 30.7. The summed E-state index contributed by atoms with van der Waals surface area (Å²) in [6.45, 7) is 7.79. The molecule has 1 aliphatic heterocycles. The first-order valence-electron chi connectivity index (χ1n) is 13.8. The number of hydrogen-bond acceptors (Lipinski definition) is 7. The Kier molecular flexibility index (Phi) is 9.13. The molecule has 0 fully saturated rings. The highest BCUT2D eigenvalue weighted by atomic mass is 35.5. The van der Waals surface area contributed by atoms with Crippen molar-refractivity contribution >= 4 is 35.0 Å². The molecule has 0 bridgehead atoms. The summed E-state index contributed by atoms with van der Waals surface area (Å²) in [5.41, 5.74) is 3.32. The number of allylic oxidation sites excluding steroid dienone is 1. The Morgan fingerprint density at radius 1 is 1.07 bits per heavy atom.